The van der Waals surface area contributed by atoms with Crippen LogP contribution in [0.3, 0.4) is 0 Å². The third-order valence-electron chi connectivity index (χ3n) is 3.22. The molecule has 4 heteroatoms. The first kappa shape index (κ1) is 15.2. The molecule has 0 bridgehead atoms. The van der Waals surface area contributed by atoms with Gasteiger partial charge in [-0.25, -0.2) is 0 Å². The van der Waals surface area contributed by atoms with E-state index in [-0.39, 0.29) is 0 Å². The predicted molar refractivity (Wildman–Crippen MR) is 84.1 cm³/mol. The van der Waals surface area contributed by atoms with E-state index in [0.717, 1.165) is 29.4 Å². The summed E-state index contributed by atoms with van der Waals surface area (Å²) >= 11 is 1.89. The molecule has 1 aromatic rings. The molecule has 1 fully saturated rings. The molecule has 0 radical (unpaired) electrons. The lowest BCUT2D eigenvalue weighted by molar-refractivity contribution is 0.129. The van der Waals surface area contributed by atoms with Crippen LogP contribution in [-0.2, 0) is 10.5 Å². The number of nitrogens with two attached hydrogens (primary N) is 1. The third-order valence-corrected chi connectivity index (χ3v) is 4.35. The normalized spacial score (nSPS) is 17.6. The average Bonchev–Trinajstić information content (AvgIpc) is 2.99. The van der Waals surface area contributed by atoms with Crippen molar-refractivity contribution in [1.82, 2.24) is 0 Å². The highest BCUT2D eigenvalue weighted by Gasteiger charge is 2.15. The van der Waals surface area contributed by atoms with Crippen molar-refractivity contribution in [2.75, 3.05) is 26.0 Å². The fraction of sp³-hybridized carbons (Fsp3) is 0.500. The van der Waals surface area contributed by atoms with Gasteiger partial charge in [0.2, 0.25) is 0 Å². The van der Waals surface area contributed by atoms with Crippen LogP contribution in [0.15, 0.2) is 18.2 Å². The molecule has 1 atom stereocenters. The maximum absolute atomic E-state index is 5.64. The second kappa shape index (κ2) is 8.21. The van der Waals surface area contributed by atoms with Crippen LogP contribution in [-0.4, -0.2) is 32.1 Å². The summed E-state index contributed by atoms with van der Waals surface area (Å²) in [6.07, 6.45) is 2.80. The maximum Gasteiger partial charge on any atom is 0.119 e. The standard InChI is InChI=1S/C16H21NO2S/c1-18-15-7-6-13(4-2-8-17)14(10-15)11-20-12-16-5-3-9-19-16/h6-7,10,16H,3,5,8-9,11-12,17H2,1H3. The van der Waals surface area contributed by atoms with Crippen molar-refractivity contribution < 1.29 is 9.47 Å². The van der Waals surface area contributed by atoms with Gasteiger partial charge in [0.25, 0.3) is 0 Å². The van der Waals surface area contributed by atoms with Crippen molar-refractivity contribution in [1.29, 1.82) is 0 Å². The minimum absolute atomic E-state index is 0.383. The number of benzene rings is 1. The molecule has 2 rings (SSSR count). The Balaban J connectivity index is 1.99. The van der Waals surface area contributed by atoms with Gasteiger partial charge in [0.15, 0.2) is 0 Å². The van der Waals surface area contributed by atoms with Gasteiger partial charge in [-0.2, -0.15) is 11.8 Å². The highest BCUT2D eigenvalue weighted by atomic mass is 32.2. The Labute approximate surface area is 125 Å². The summed E-state index contributed by atoms with van der Waals surface area (Å²) < 4.78 is 10.9. The van der Waals surface area contributed by atoms with Gasteiger partial charge in [0, 0.05) is 23.7 Å². The number of hydrogen-bond donors (Lipinski definition) is 1. The highest BCUT2D eigenvalue weighted by Crippen LogP contribution is 2.24. The van der Waals surface area contributed by atoms with E-state index in [1.54, 1.807) is 7.11 Å². The van der Waals surface area contributed by atoms with Crippen LogP contribution in [0.2, 0.25) is 0 Å². The lowest BCUT2D eigenvalue weighted by atomic mass is 10.1. The highest BCUT2D eigenvalue weighted by molar-refractivity contribution is 7.98. The fourth-order valence-corrected chi connectivity index (χ4v) is 3.26. The first-order valence-corrected chi connectivity index (χ1v) is 8.04. The summed E-state index contributed by atoms with van der Waals surface area (Å²) in [6, 6.07) is 6.00. The Kier molecular flexibility index (Phi) is 6.25. The summed E-state index contributed by atoms with van der Waals surface area (Å²) in [6.45, 7) is 1.30. The predicted octanol–water partition coefficient (Wildman–Crippen LogP) is 2.42. The van der Waals surface area contributed by atoms with Gasteiger partial charge in [-0.3, -0.25) is 0 Å². The van der Waals surface area contributed by atoms with Crippen LogP contribution in [0.5, 0.6) is 5.75 Å². The van der Waals surface area contributed by atoms with Crippen molar-refractivity contribution in [3.63, 3.8) is 0 Å². The van der Waals surface area contributed by atoms with Crippen molar-refractivity contribution in [3.8, 4) is 17.6 Å². The fourth-order valence-electron chi connectivity index (χ4n) is 2.16. The molecule has 1 unspecified atom stereocenters. The molecule has 0 spiro atoms. The molecule has 3 nitrogen and oxygen atoms in total. The van der Waals surface area contributed by atoms with Gasteiger partial charge in [-0.05, 0) is 36.6 Å². The minimum atomic E-state index is 0.383. The Morgan fingerprint density at radius 2 is 2.40 bits per heavy atom. The van der Waals surface area contributed by atoms with Crippen molar-refractivity contribution in [2.45, 2.75) is 24.7 Å². The second-order valence-corrected chi connectivity index (χ2v) is 5.71. The largest absolute Gasteiger partial charge is 0.497 e. The van der Waals surface area contributed by atoms with Gasteiger partial charge in [-0.1, -0.05) is 11.8 Å². The third kappa shape index (κ3) is 4.45. The van der Waals surface area contributed by atoms with E-state index in [2.05, 4.69) is 17.9 Å². The topological polar surface area (TPSA) is 44.5 Å². The lowest BCUT2D eigenvalue weighted by Gasteiger charge is -2.10. The van der Waals surface area contributed by atoms with Crippen molar-refractivity contribution in [3.05, 3.63) is 29.3 Å². The molecule has 0 amide bonds. The molecule has 20 heavy (non-hydrogen) atoms. The van der Waals surface area contributed by atoms with E-state index in [4.69, 9.17) is 15.2 Å². The van der Waals surface area contributed by atoms with Gasteiger partial charge in [-0.15, -0.1) is 0 Å². The van der Waals surface area contributed by atoms with Crippen LogP contribution >= 0.6 is 11.8 Å². The summed E-state index contributed by atoms with van der Waals surface area (Å²) in [5.41, 5.74) is 7.69. The molecule has 1 aromatic carbocycles. The molecule has 2 N–H and O–H groups in total. The van der Waals surface area contributed by atoms with Gasteiger partial charge < -0.3 is 15.2 Å². The summed E-state index contributed by atoms with van der Waals surface area (Å²) in [7, 11) is 1.68. The SMILES string of the molecule is COc1ccc(C#CCN)c(CSCC2CCCO2)c1. The number of rotatable bonds is 5. The molecule has 108 valence electrons. The van der Waals surface area contributed by atoms with Crippen molar-refractivity contribution in [2.24, 2.45) is 5.73 Å². The molecular weight excluding hydrogens is 270 g/mol. The average molecular weight is 291 g/mol. The Hall–Kier alpha value is -1.15. The first-order chi connectivity index (χ1) is 9.83. The monoisotopic (exact) mass is 291 g/mol. The number of ether oxygens (including phenoxy) is 2. The molecule has 0 aromatic heterocycles. The van der Waals surface area contributed by atoms with Crippen LogP contribution in [0, 0.1) is 11.8 Å². The van der Waals surface area contributed by atoms with E-state index in [1.165, 1.54) is 18.4 Å². The minimum Gasteiger partial charge on any atom is -0.497 e. The molecular formula is C16H21NO2S. The molecule has 0 aliphatic carbocycles. The number of thioether (sulfide) groups is 1. The van der Waals surface area contributed by atoms with E-state index in [0.29, 0.717) is 12.6 Å². The van der Waals surface area contributed by atoms with E-state index < -0.39 is 0 Å². The van der Waals surface area contributed by atoms with E-state index >= 15 is 0 Å². The van der Waals surface area contributed by atoms with Gasteiger partial charge >= 0.3 is 0 Å². The van der Waals surface area contributed by atoms with Crippen LogP contribution < -0.4 is 10.5 Å². The zero-order valence-electron chi connectivity index (χ0n) is 11.9. The molecule has 1 aliphatic heterocycles. The second-order valence-electron chi connectivity index (χ2n) is 4.68. The summed E-state index contributed by atoms with van der Waals surface area (Å²) in [5, 5.41) is 0. The van der Waals surface area contributed by atoms with E-state index in [9.17, 15) is 0 Å². The summed E-state index contributed by atoms with van der Waals surface area (Å²) in [5.74, 6) is 8.88. The molecule has 1 heterocycles. The van der Waals surface area contributed by atoms with Crippen molar-refractivity contribution >= 4 is 11.8 Å². The van der Waals surface area contributed by atoms with Crippen LogP contribution in [0.1, 0.15) is 24.0 Å². The Bertz CT molecular complexity index is 487. The molecule has 1 saturated heterocycles. The van der Waals surface area contributed by atoms with E-state index in [1.807, 2.05) is 23.9 Å². The summed E-state index contributed by atoms with van der Waals surface area (Å²) in [4.78, 5) is 0. The smallest absolute Gasteiger partial charge is 0.119 e. The molecule has 0 saturated carbocycles. The lowest BCUT2D eigenvalue weighted by Crippen LogP contribution is -2.08. The van der Waals surface area contributed by atoms with Gasteiger partial charge in [0.1, 0.15) is 5.75 Å². The first-order valence-electron chi connectivity index (χ1n) is 6.88. The maximum atomic E-state index is 5.64. The molecule has 1 aliphatic rings. The number of hydrogen-bond acceptors (Lipinski definition) is 4. The van der Waals surface area contributed by atoms with Crippen LogP contribution in [0.4, 0.5) is 0 Å². The van der Waals surface area contributed by atoms with Crippen LogP contribution in [0.25, 0.3) is 0 Å². The Morgan fingerprint density at radius 3 is 3.10 bits per heavy atom. The zero-order valence-corrected chi connectivity index (χ0v) is 12.7. The zero-order chi connectivity index (χ0) is 14.2. The number of methoxy groups -OCH3 is 1. The Morgan fingerprint density at radius 1 is 1.50 bits per heavy atom. The van der Waals surface area contributed by atoms with Gasteiger partial charge in [0.05, 0.1) is 19.8 Å². The quantitative estimate of drug-likeness (QED) is 0.846.